The van der Waals surface area contributed by atoms with E-state index in [1.807, 2.05) is 7.11 Å². The predicted molar refractivity (Wildman–Crippen MR) is 137 cm³/mol. The van der Waals surface area contributed by atoms with Crippen molar-refractivity contribution in [1.82, 2.24) is 0 Å². The van der Waals surface area contributed by atoms with Gasteiger partial charge in [0.1, 0.15) is 0 Å². The molecule has 0 heterocycles. The topological polar surface area (TPSA) is 29.5 Å². The van der Waals surface area contributed by atoms with Crippen molar-refractivity contribution in [2.45, 2.75) is 125 Å². The van der Waals surface area contributed by atoms with E-state index in [0.29, 0.717) is 28.3 Å². The van der Waals surface area contributed by atoms with Crippen LogP contribution in [0.2, 0.25) is 0 Å². The molecule has 0 spiro atoms. The normalized spacial score (nSPS) is 52.9. The van der Waals surface area contributed by atoms with E-state index in [9.17, 15) is 5.11 Å². The molecule has 5 aliphatic rings. The lowest BCUT2D eigenvalue weighted by Crippen LogP contribution is -2.58. The summed E-state index contributed by atoms with van der Waals surface area (Å²) >= 11 is 0. The van der Waals surface area contributed by atoms with Crippen molar-refractivity contribution in [2.24, 2.45) is 50.7 Å². The van der Waals surface area contributed by atoms with Crippen molar-refractivity contribution in [1.29, 1.82) is 0 Å². The first-order valence-corrected chi connectivity index (χ1v) is 14.2. The van der Waals surface area contributed by atoms with Crippen LogP contribution < -0.4 is 0 Å². The van der Waals surface area contributed by atoms with Crippen molar-refractivity contribution in [3.8, 4) is 0 Å². The summed E-state index contributed by atoms with van der Waals surface area (Å²) in [5.41, 5.74) is 3.32. The quantitative estimate of drug-likeness (QED) is 0.408. The second kappa shape index (κ2) is 7.58. The predicted octanol–water partition coefficient (Wildman–Crippen LogP) is 7.79. The van der Waals surface area contributed by atoms with Crippen LogP contribution in [-0.2, 0) is 4.74 Å². The van der Waals surface area contributed by atoms with Gasteiger partial charge in [0.15, 0.2) is 0 Å². The Kier molecular flexibility index (Phi) is 5.60. The molecule has 0 saturated heterocycles. The molecular formula is C31H52O2. The highest BCUT2D eigenvalue weighted by Crippen LogP contribution is 2.70. The summed E-state index contributed by atoms with van der Waals surface area (Å²) in [4.78, 5) is 0. The Balaban J connectivity index is 1.49. The SMILES string of the molecule is CO[C@H]1CC[C@@]2(C)[C@@H](CC[C@@]3(C)CC4=CC[C@@H]5C(C)(C)[C@H](O)CC[C@]5(C)[C@@H]4CC[C@@H]32)C1(C)C. The fraction of sp³-hybridized carbons (Fsp3) is 0.935. The van der Waals surface area contributed by atoms with Crippen molar-refractivity contribution >= 4 is 0 Å². The summed E-state index contributed by atoms with van der Waals surface area (Å²) in [7, 11) is 1.94. The maximum absolute atomic E-state index is 10.9. The van der Waals surface area contributed by atoms with Crippen molar-refractivity contribution in [2.75, 3.05) is 7.11 Å². The summed E-state index contributed by atoms with van der Waals surface area (Å²) in [6.45, 7) is 17.7. The molecule has 0 aromatic carbocycles. The van der Waals surface area contributed by atoms with E-state index in [2.05, 4.69) is 54.5 Å². The fourth-order valence-corrected chi connectivity index (χ4v) is 11.3. The molecule has 0 amide bonds. The van der Waals surface area contributed by atoms with E-state index in [1.54, 1.807) is 5.57 Å². The lowest BCUT2D eigenvalue weighted by atomic mass is 9.42. The molecule has 33 heavy (non-hydrogen) atoms. The van der Waals surface area contributed by atoms with Gasteiger partial charge in [0, 0.05) is 7.11 Å². The van der Waals surface area contributed by atoms with Crippen LogP contribution in [0.15, 0.2) is 11.6 Å². The van der Waals surface area contributed by atoms with Gasteiger partial charge in [-0.2, -0.15) is 0 Å². The first-order valence-electron chi connectivity index (χ1n) is 14.2. The van der Waals surface area contributed by atoms with Gasteiger partial charge in [0.05, 0.1) is 12.2 Å². The number of hydrogen-bond donors (Lipinski definition) is 1. The van der Waals surface area contributed by atoms with Crippen LogP contribution in [0.25, 0.3) is 0 Å². The Morgan fingerprint density at radius 3 is 2.15 bits per heavy atom. The third-order valence-corrected chi connectivity index (χ3v) is 13.1. The van der Waals surface area contributed by atoms with Crippen LogP contribution >= 0.6 is 0 Å². The maximum Gasteiger partial charge on any atom is 0.0625 e. The van der Waals surface area contributed by atoms with Gasteiger partial charge in [-0.05, 0) is 115 Å². The van der Waals surface area contributed by atoms with Gasteiger partial charge in [-0.25, -0.2) is 0 Å². The third-order valence-electron chi connectivity index (χ3n) is 13.1. The van der Waals surface area contributed by atoms with Gasteiger partial charge in [0.25, 0.3) is 0 Å². The monoisotopic (exact) mass is 456 g/mol. The highest BCUT2D eigenvalue weighted by molar-refractivity contribution is 5.25. The lowest BCUT2D eigenvalue weighted by Gasteiger charge is -2.64. The molecule has 4 fully saturated rings. The Morgan fingerprint density at radius 2 is 1.45 bits per heavy atom. The number of allylic oxidation sites excluding steroid dienone is 2. The average Bonchev–Trinajstić information content (AvgIpc) is 2.88. The van der Waals surface area contributed by atoms with Gasteiger partial charge in [-0.15, -0.1) is 0 Å². The summed E-state index contributed by atoms with van der Waals surface area (Å²) < 4.78 is 6.03. The van der Waals surface area contributed by atoms with E-state index in [1.165, 1.54) is 57.8 Å². The van der Waals surface area contributed by atoms with Gasteiger partial charge in [0.2, 0.25) is 0 Å². The Bertz CT molecular complexity index is 810. The standard InChI is InChI=1S/C31H52O2/c1-27(2)22-11-9-20-19-29(5)16-13-23-28(3,4)26(33-8)15-18-31(23,7)24(29)12-10-21(20)30(22,6)17-14-25(27)32/h9,21-26,32H,10-19H2,1-8H3/t21-,22-,23+,24+,25-,26+,29+,30-,31+/m1/s1. The minimum atomic E-state index is -0.144. The number of fused-ring (bicyclic) bond motifs is 6. The smallest absolute Gasteiger partial charge is 0.0625 e. The van der Waals surface area contributed by atoms with Gasteiger partial charge >= 0.3 is 0 Å². The van der Waals surface area contributed by atoms with Crippen LogP contribution in [0.5, 0.6) is 0 Å². The highest BCUT2D eigenvalue weighted by Gasteiger charge is 2.63. The van der Waals surface area contributed by atoms with Gasteiger partial charge in [-0.1, -0.05) is 60.1 Å². The van der Waals surface area contributed by atoms with E-state index in [4.69, 9.17) is 4.74 Å². The minimum absolute atomic E-state index is 0.0254. The molecule has 188 valence electrons. The van der Waals surface area contributed by atoms with Gasteiger partial charge < -0.3 is 9.84 Å². The number of aliphatic hydroxyl groups excluding tert-OH is 1. The molecule has 1 N–H and O–H groups in total. The van der Waals surface area contributed by atoms with Crippen LogP contribution in [0.4, 0.5) is 0 Å². The molecule has 9 atom stereocenters. The van der Waals surface area contributed by atoms with E-state index in [-0.39, 0.29) is 16.9 Å². The number of ether oxygens (including phenoxy) is 1. The molecule has 0 aromatic rings. The zero-order valence-electron chi connectivity index (χ0n) is 23.0. The highest BCUT2D eigenvalue weighted by atomic mass is 16.5. The molecule has 4 saturated carbocycles. The van der Waals surface area contributed by atoms with Crippen LogP contribution in [-0.4, -0.2) is 24.4 Å². The average molecular weight is 457 g/mol. The van der Waals surface area contributed by atoms with Crippen molar-refractivity contribution in [3.63, 3.8) is 0 Å². The molecular weight excluding hydrogens is 404 g/mol. The molecule has 5 aliphatic carbocycles. The van der Waals surface area contributed by atoms with E-state index < -0.39 is 0 Å². The first kappa shape index (κ1) is 24.4. The lowest BCUT2D eigenvalue weighted by molar-refractivity contribution is -0.178. The number of methoxy groups -OCH3 is 1. The Labute approximate surface area is 204 Å². The van der Waals surface area contributed by atoms with Crippen LogP contribution in [0.1, 0.15) is 113 Å². The van der Waals surface area contributed by atoms with Crippen LogP contribution in [0, 0.1) is 50.7 Å². The second-order valence-electron chi connectivity index (χ2n) is 15.1. The third kappa shape index (κ3) is 3.24. The molecule has 5 rings (SSSR count). The van der Waals surface area contributed by atoms with Crippen molar-refractivity contribution in [3.05, 3.63) is 11.6 Å². The summed E-state index contributed by atoms with van der Waals surface area (Å²) in [6.07, 6.45) is 15.7. The summed E-state index contributed by atoms with van der Waals surface area (Å²) in [5, 5.41) is 10.9. The number of aliphatic hydroxyl groups is 1. The molecule has 0 unspecified atom stereocenters. The van der Waals surface area contributed by atoms with Crippen LogP contribution in [0.3, 0.4) is 0 Å². The second-order valence-corrected chi connectivity index (χ2v) is 15.1. The van der Waals surface area contributed by atoms with E-state index in [0.717, 1.165) is 24.2 Å². The number of rotatable bonds is 1. The molecule has 2 heteroatoms. The van der Waals surface area contributed by atoms with Gasteiger partial charge in [-0.3, -0.25) is 0 Å². The molecule has 2 nitrogen and oxygen atoms in total. The Morgan fingerprint density at radius 1 is 0.758 bits per heavy atom. The van der Waals surface area contributed by atoms with E-state index >= 15 is 0 Å². The molecule has 0 bridgehead atoms. The van der Waals surface area contributed by atoms with Crippen molar-refractivity contribution < 1.29 is 9.84 Å². The molecule has 0 aliphatic heterocycles. The summed E-state index contributed by atoms with van der Waals surface area (Å²) in [6, 6.07) is 0. The zero-order chi connectivity index (χ0) is 24.0. The number of hydrogen-bond acceptors (Lipinski definition) is 2. The molecule has 0 radical (unpaired) electrons. The Hall–Kier alpha value is -0.340. The zero-order valence-corrected chi connectivity index (χ0v) is 23.0. The molecule has 0 aromatic heterocycles. The maximum atomic E-state index is 10.9. The fourth-order valence-electron chi connectivity index (χ4n) is 11.3. The summed E-state index contributed by atoms with van der Waals surface area (Å²) in [5.74, 6) is 2.91. The first-order chi connectivity index (χ1) is 15.3. The largest absolute Gasteiger partial charge is 0.393 e. The minimum Gasteiger partial charge on any atom is -0.393 e.